The number of halogens is 2. The van der Waals surface area contributed by atoms with E-state index in [-0.39, 0.29) is 37.0 Å². The highest BCUT2D eigenvalue weighted by Gasteiger charge is 2.31. The van der Waals surface area contributed by atoms with Crippen LogP contribution in [0.2, 0.25) is 0 Å². The number of nitrogens with zero attached hydrogens (tertiary/aromatic N) is 4. The van der Waals surface area contributed by atoms with E-state index in [1.54, 1.807) is 0 Å². The summed E-state index contributed by atoms with van der Waals surface area (Å²) in [5.74, 6) is -2.15. The predicted octanol–water partition coefficient (Wildman–Crippen LogP) is 2.57. The Bertz CT molecular complexity index is 1200. The molecule has 0 aliphatic carbocycles. The van der Waals surface area contributed by atoms with Gasteiger partial charge in [0.15, 0.2) is 17.5 Å². The molecule has 2 heterocycles. The van der Waals surface area contributed by atoms with Crippen molar-refractivity contribution in [2.24, 2.45) is 0 Å². The third-order valence-electron chi connectivity index (χ3n) is 4.99. The Morgan fingerprint density at radius 1 is 0.871 bits per heavy atom. The third-order valence-corrected chi connectivity index (χ3v) is 6.88. The minimum atomic E-state index is -3.99. The highest BCUT2D eigenvalue weighted by atomic mass is 32.2. The number of amides is 1. The van der Waals surface area contributed by atoms with Crippen LogP contribution in [0.15, 0.2) is 65.8 Å². The second-order valence-electron chi connectivity index (χ2n) is 6.93. The predicted molar refractivity (Wildman–Crippen MR) is 108 cm³/mol. The molecule has 0 radical (unpaired) electrons. The highest BCUT2D eigenvalue weighted by molar-refractivity contribution is 7.89. The lowest BCUT2D eigenvalue weighted by Crippen LogP contribution is -2.50. The van der Waals surface area contributed by atoms with E-state index in [1.165, 1.54) is 17.3 Å². The van der Waals surface area contributed by atoms with Crippen LogP contribution >= 0.6 is 0 Å². The van der Waals surface area contributed by atoms with E-state index in [2.05, 4.69) is 9.97 Å². The molecule has 0 spiro atoms. The number of hydrogen-bond acceptors (Lipinski definition) is 5. The molecule has 7 nitrogen and oxygen atoms in total. The Kier molecular flexibility index (Phi) is 5.75. The summed E-state index contributed by atoms with van der Waals surface area (Å²) in [6.07, 6.45) is 2.89. The number of sulfonamides is 1. The average molecular weight is 444 g/mol. The highest BCUT2D eigenvalue weighted by Crippen LogP contribution is 2.21. The van der Waals surface area contributed by atoms with Gasteiger partial charge in [0.1, 0.15) is 0 Å². The quantitative estimate of drug-likeness (QED) is 0.618. The number of carbonyl (C=O) groups is 1. The molecule has 1 aliphatic heterocycles. The van der Waals surface area contributed by atoms with Crippen LogP contribution in [-0.2, 0) is 10.0 Å². The molecule has 1 amide bonds. The van der Waals surface area contributed by atoms with Crippen molar-refractivity contribution in [3.63, 3.8) is 0 Å². The molecule has 0 bridgehead atoms. The Morgan fingerprint density at radius 3 is 2.13 bits per heavy atom. The molecular formula is C21H18F2N4O3S. The lowest BCUT2D eigenvalue weighted by atomic mass is 10.2. The van der Waals surface area contributed by atoms with Gasteiger partial charge in [-0.25, -0.2) is 27.2 Å². The zero-order valence-corrected chi connectivity index (χ0v) is 17.1. The smallest absolute Gasteiger partial charge is 0.257 e. The van der Waals surface area contributed by atoms with Gasteiger partial charge in [0.25, 0.3) is 5.91 Å². The van der Waals surface area contributed by atoms with Crippen LogP contribution in [-0.4, -0.2) is 59.7 Å². The largest absolute Gasteiger partial charge is 0.336 e. The fourth-order valence-electron chi connectivity index (χ4n) is 3.28. The number of benzene rings is 2. The van der Waals surface area contributed by atoms with Crippen LogP contribution in [0.5, 0.6) is 0 Å². The number of aromatic nitrogens is 2. The molecule has 160 valence electrons. The van der Waals surface area contributed by atoms with Crippen molar-refractivity contribution in [1.29, 1.82) is 0 Å². The summed E-state index contributed by atoms with van der Waals surface area (Å²) in [6.45, 7) is 0.385. The fraction of sp³-hybridized carbons (Fsp3) is 0.190. The number of hydrogen-bond donors (Lipinski definition) is 0. The molecule has 2 aromatic carbocycles. The maximum absolute atomic E-state index is 13.4. The van der Waals surface area contributed by atoms with Gasteiger partial charge in [-0.1, -0.05) is 30.3 Å². The number of rotatable bonds is 4. The van der Waals surface area contributed by atoms with Crippen LogP contribution < -0.4 is 0 Å². The number of piperazine rings is 1. The molecule has 1 saturated heterocycles. The van der Waals surface area contributed by atoms with Crippen LogP contribution in [0.25, 0.3) is 11.4 Å². The van der Waals surface area contributed by atoms with Crippen molar-refractivity contribution in [3.05, 3.63) is 78.1 Å². The molecule has 4 rings (SSSR count). The van der Waals surface area contributed by atoms with Gasteiger partial charge in [-0.2, -0.15) is 4.31 Å². The molecule has 1 fully saturated rings. The lowest BCUT2D eigenvalue weighted by molar-refractivity contribution is 0.0697. The van der Waals surface area contributed by atoms with E-state index in [4.69, 9.17) is 0 Å². The third kappa shape index (κ3) is 4.30. The van der Waals surface area contributed by atoms with Crippen molar-refractivity contribution in [3.8, 4) is 11.4 Å². The zero-order chi connectivity index (χ0) is 22.0. The van der Waals surface area contributed by atoms with Crippen molar-refractivity contribution in [1.82, 2.24) is 19.2 Å². The summed E-state index contributed by atoms with van der Waals surface area (Å²) in [4.78, 5) is 22.4. The van der Waals surface area contributed by atoms with Crippen molar-refractivity contribution >= 4 is 15.9 Å². The molecule has 0 atom stereocenters. The van der Waals surface area contributed by atoms with E-state index in [1.807, 2.05) is 30.3 Å². The average Bonchev–Trinajstić information content (AvgIpc) is 2.81. The Balaban J connectivity index is 1.42. The monoisotopic (exact) mass is 444 g/mol. The summed E-state index contributed by atoms with van der Waals surface area (Å²) in [7, 11) is -3.99. The summed E-state index contributed by atoms with van der Waals surface area (Å²) in [5.41, 5.74) is 1.13. The molecule has 1 aliphatic rings. The molecule has 0 unspecified atom stereocenters. The van der Waals surface area contributed by atoms with Crippen LogP contribution in [0.4, 0.5) is 8.78 Å². The normalized spacial score (nSPS) is 15.1. The first-order valence-electron chi connectivity index (χ1n) is 9.48. The van der Waals surface area contributed by atoms with Crippen LogP contribution in [0.1, 0.15) is 10.4 Å². The second kappa shape index (κ2) is 8.48. The molecular weight excluding hydrogens is 426 g/mol. The molecule has 31 heavy (non-hydrogen) atoms. The van der Waals surface area contributed by atoms with Gasteiger partial charge in [0, 0.05) is 44.1 Å². The SMILES string of the molecule is O=C(c1cnc(-c2ccccc2)nc1)N1CCN(S(=O)(=O)c2ccc(F)c(F)c2)CC1. The van der Waals surface area contributed by atoms with Crippen molar-refractivity contribution in [2.45, 2.75) is 4.90 Å². The standard InChI is InChI=1S/C21H18F2N4O3S/c22-18-7-6-17(12-19(18)23)31(29,30)27-10-8-26(9-11-27)21(28)16-13-24-20(25-14-16)15-4-2-1-3-5-15/h1-7,12-14H,8-11H2. The van der Waals surface area contributed by atoms with E-state index < -0.39 is 21.7 Å². The Labute approximate surface area is 178 Å². The van der Waals surface area contributed by atoms with Gasteiger partial charge in [0.2, 0.25) is 10.0 Å². The minimum absolute atomic E-state index is 0.0377. The van der Waals surface area contributed by atoms with Crippen LogP contribution in [0, 0.1) is 11.6 Å². The summed E-state index contributed by atoms with van der Waals surface area (Å²) in [6, 6.07) is 11.8. The van der Waals surface area contributed by atoms with Gasteiger partial charge in [0.05, 0.1) is 10.5 Å². The number of carbonyl (C=O) groups excluding carboxylic acids is 1. The van der Waals surface area contributed by atoms with Gasteiger partial charge >= 0.3 is 0 Å². The van der Waals surface area contributed by atoms with Gasteiger partial charge in [-0.3, -0.25) is 4.79 Å². The Morgan fingerprint density at radius 2 is 1.52 bits per heavy atom. The minimum Gasteiger partial charge on any atom is -0.336 e. The van der Waals surface area contributed by atoms with Gasteiger partial charge in [-0.05, 0) is 18.2 Å². The second-order valence-corrected chi connectivity index (χ2v) is 8.87. The lowest BCUT2D eigenvalue weighted by Gasteiger charge is -2.34. The van der Waals surface area contributed by atoms with Crippen molar-refractivity contribution in [2.75, 3.05) is 26.2 Å². The van der Waals surface area contributed by atoms with Gasteiger partial charge < -0.3 is 4.90 Å². The first-order chi connectivity index (χ1) is 14.9. The first-order valence-corrected chi connectivity index (χ1v) is 10.9. The van der Waals surface area contributed by atoms with Gasteiger partial charge in [-0.15, -0.1) is 0 Å². The van der Waals surface area contributed by atoms with E-state index >= 15 is 0 Å². The Hall–Kier alpha value is -3.24. The molecule has 0 N–H and O–H groups in total. The molecule has 0 saturated carbocycles. The van der Waals surface area contributed by atoms with E-state index in [0.717, 1.165) is 22.0 Å². The summed E-state index contributed by atoms with van der Waals surface area (Å²) >= 11 is 0. The fourth-order valence-corrected chi connectivity index (χ4v) is 4.71. The summed E-state index contributed by atoms with van der Waals surface area (Å²) < 4.78 is 53.1. The van der Waals surface area contributed by atoms with Crippen LogP contribution in [0.3, 0.4) is 0 Å². The summed E-state index contributed by atoms with van der Waals surface area (Å²) in [5, 5.41) is 0. The maximum Gasteiger partial charge on any atom is 0.257 e. The van der Waals surface area contributed by atoms with Crippen molar-refractivity contribution < 1.29 is 22.0 Å². The zero-order valence-electron chi connectivity index (χ0n) is 16.3. The topological polar surface area (TPSA) is 83.5 Å². The maximum atomic E-state index is 13.4. The van der Waals surface area contributed by atoms with E-state index in [9.17, 15) is 22.0 Å². The van der Waals surface area contributed by atoms with E-state index in [0.29, 0.717) is 17.5 Å². The molecule has 3 aromatic rings. The molecule has 1 aromatic heterocycles. The first kappa shape index (κ1) is 21.0. The molecule has 10 heteroatoms.